The van der Waals surface area contributed by atoms with Crippen molar-refractivity contribution in [2.75, 3.05) is 6.61 Å². The quantitative estimate of drug-likeness (QED) is 0.432. The zero-order valence-electron chi connectivity index (χ0n) is 8.45. The fourth-order valence-electron chi connectivity index (χ4n) is 1.24. The summed E-state index contributed by atoms with van der Waals surface area (Å²) in [6.45, 7) is -0.794. The normalized spacial score (nSPS) is 14.4. The number of nitro benzene ring substituents is 1. The average molecular weight is 247 g/mol. The van der Waals surface area contributed by atoms with Gasteiger partial charge in [-0.05, 0) is 11.6 Å². The van der Waals surface area contributed by atoms with Crippen molar-refractivity contribution in [2.45, 2.75) is 12.2 Å². The number of nitro groups is 1. The van der Waals surface area contributed by atoms with Crippen LogP contribution >= 0.6 is 0 Å². The van der Waals surface area contributed by atoms with Crippen LogP contribution in [0.15, 0.2) is 12.1 Å². The van der Waals surface area contributed by atoms with Crippen molar-refractivity contribution in [3.63, 3.8) is 0 Å². The van der Waals surface area contributed by atoms with Gasteiger partial charge < -0.3 is 20.4 Å². The third-order valence-corrected chi connectivity index (χ3v) is 2.16. The van der Waals surface area contributed by atoms with Crippen LogP contribution in [-0.2, 0) is 0 Å². The van der Waals surface area contributed by atoms with Crippen LogP contribution in [0.3, 0.4) is 0 Å². The molecule has 2 atom stereocenters. The van der Waals surface area contributed by atoms with Crippen LogP contribution < -0.4 is 0 Å². The predicted octanol–water partition coefficient (Wildman–Crippen LogP) is -0.174. The van der Waals surface area contributed by atoms with Crippen molar-refractivity contribution >= 4 is 5.69 Å². The molecule has 0 saturated carbocycles. The van der Waals surface area contributed by atoms with Crippen molar-refractivity contribution in [2.24, 2.45) is 0 Å². The first-order valence-electron chi connectivity index (χ1n) is 4.52. The molecule has 0 saturated heterocycles. The number of hydrogen-bond acceptors (Lipinski definition) is 6. The first kappa shape index (κ1) is 13.3. The molecule has 4 N–H and O–H groups in total. The highest BCUT2D eigenvalue weighted by Gasteiger charge is 2.25. The number of phenols is 1. The van der Waals surface area contributed by atoms with Crippen LogP contribution in [0.2, 0.25) is 0 Å². The van der Waals surface area contributed by atoms with E-state index >= 15 is 0 Å². The summed E-state index contributed by atoms with van der Waals surface area (Å²) in [6, 6.07) is 1.37. The van der Waals surface area contributed by atoms with Crippen LogP contribution in [0.25, 0.3) is 0 Å². The van der Waals surface area contributed by atoms with Crippen LogP contribution in [0.5, 0.6) is 5.75 Å². The molecule has 0 fully saturated rings. The van der Waals surface area contributed by atoms with Gasteiger partial charge in [-0.1, -0.05) is 0 Å². The number of rotatable bonds is 4. The van der Waals surface area contributed by atoms with E-state index in [1.165, 1.54) is 0 Å². The summed E-state index contributed by atoms with van der Waals surface area (Å²) in [6.07, 6.45) is -3.28. The van der Waals surface area contributed by atoms with Crippen LogP contribution in [0, 0.1) is 15.9 Å². The highest BCUT2D eigenvalue weighted by molar-refractivity contribution is 5.49. The fourth-order valence-corrected chi connectivity index (χ4v) is 1.24. The van der Waals surface area contributed by atoms with E-state index in [9.17, 15) is 19.6 Å². The van der Waals surface area contributed by atoms with Gasteiger partial charge in [0, 0.05) is 6.07 Å². The Morgan fingerprint density at radius 2 is 2.00 bits per heavy atom. The monoisotopic (exact) mass is 247 g/mol. The minimum atomic E-state index is -1.69. The van der Waals surface area contributed by atoms with Crippen LogP contribution in [0.4, 0.5) is 10.1 Å². The van der Waals surface area contributed by atoms with E-state index in [0.29, 0.717) is 6.07 Å². The number of halogens is 1. The van der Waals surface area contributed by atoms with Gasteiger partial charge in [0.1, 0.15) is 12.2 Å². The lowest BCUT2D eigenvalue weighted by atomic mass is 10.0. The second-order valence-corrected chi connectivity index (χ2v) is 3.32. The van der Waals surface area contributed by atoms with Gasteiger partial charge in [0.15, 0.2) is 5.82 Å². The van der Waals surface area contributed by atoms with Crippen LogP contribution in [0.1, 0.15) is 11.7 Å². The molecule has 1 rings (SSSR count). The molecule has 1 aromatic carbocycles. The molecule has 0 aliphatic carbocycles. The molecule has 17 heavy (non-hydrogen) atoms. The topological polar surface area (TPSA) is 124 Å². The second kappa shape index (κ2) is 5.04. The second-order valence-electron chi connectivity index (χ2n) is 3.32. The highest BCUT2D eigenvalue weighted by atomic mass is 19.1. The SMILES string of the molecule is O=[N+]([O-])c1cc(C(O)C(O)CO)cc(F)c1O. The Balaban J connectivity index is 3.23. The smallest absolute Gasteiger partial charge is 0.314 e. The summed E-state index contributed by atoms with van der Waals surface area (Å²) in [4.78, 5) is 9.45. The molecule has 8 heteroatoms. The zero-order chi connectivity index (χ0) is 13.2. The molecule has 0 bridgehead atoms. The molecular formula is C9H10FNO6. The lowest BCUT2D eigenvalue weighted by Crippen LogP contribution is -2.22. The van der Waals surface area contributed by atoms with E-state index in [2.05, 4.69) is 0 Å². The maximum Gasteiger partial charge on any atom is 0.314 e. The number of aliphatic hydroxyl groups excluding tert-OH is 3. The van der Waals surface area contributed by atoms with E-state index in [1.807, 2.05) is 0 Å². The van der Waals surface area contributed by atoms with Crippen molar-refractivity contribution in [3.05, 3.63) is 33.6 Å². The van der Waals surface area contributed by atoms with Gasteiger partial charge in [-0.15, -0.1) is 0 Å². The highest BCUT2D eigenvalue weighted by Crippen LogP contribution is 2.32. The minimum absolute atomic E-state index is 0.312. The van der Waals surface area contributed by atoms with Gasteiger partial charge in [-0.25, -0.2) is 4.39 Å². The van der Waals surface area contributed by atoms with E-state index in [1.54, 1.807) is 0 Å². The first-order chi connectivity index (χ1) is 7.88. The van der Waals surface area contributed by atoms with Gasteiger partial charge in [0.25, 0.3) is 0 Å². The Morgan fingerprint density at radius 1 is 1.41 bits per heavy atom. The minimum Gasteiger partial charge on any atom is -0.500 e. The zero-order valence-corrected chi connectivity index (χ0v) is 8.45. The summed E-state index contributed by atoms with van der Waals surface area (Å²) in [5.41, 5.74) is -1.24. The molecule has 0 aromatic heterocycles. The van der Waals surface area contributed by atoms with Gasteiger partial charge in [-0.3, -0.25) is 10.1 Å². The van der Waals surface area contributed by atoms with Gasteiger partial charge in [0.05, 0.1) is 11.5 Å². The van der Waals surface area contributed by atoms with Gasteiger partial charge >= 0.3 is 5.69 Å². The number of benzene rings is 1. The lowest BCUT2D eigenvalue weighted by molar-refractivity contribution is -0.386. The Labute approximate surface area is 94.5 Å². The Morgan fingerprint density at radius 3 is 2.47 bits per heavy atom. The molecule has 1 aromatic rings. The van der Waals surface area contributed by atoms with Crippen molar-refractivity contribution in [1.82, 2.24) is 0 Å². The van der Waals surface area contributed by atoms with Gasteiger partial charge in [-0.2, -0.15) is 0 Å². The number of nitrogens with zero attached hydrogens (tertiary/aromatic N) is 1. The number of aromatic hydroxyl groups is 1. The lowest BCUT2D eigenvalue weighted by Gasteiger charge is -2.15. The molecule has 0 heterocycles. The molecule has 0 amide bonds. The molecular weight excluding hydrogens is 237 g/mol. The molecule has 0 aliphatic heterocycles. The molecule has 0 spiro atoms. The maximum absolute atomic E-state index is 13.1. The first-order valence-corrected chi connectivity index (χ1v) is 4.52. The summed E-state index contributed by atoms with van der Waals surface area (Å²) in [5, 5.41) is 46.7. The number of aliphatic hydroxyl groups is 3. The fraction of sp³-hybridized carbons (Fsp3) is 0.333. The average Bonchev–Trinajstić information content (AvgIpc) is 2.30. The molecule has 7 nitrogen and oxygen atoms in total. The Bertz CT molecular complexity index is 438. The van der Waals surface area contributed by atoms with Crippen molar-refractivity contribution < 1.29 is 29.7 Å². The predicted molar refractivity (Wildman–Crippen MR) is 52.8 cm³/mol. The van der Waals surface area contributed by atoms with E-state index in [-0.39, 0.29) is 5.56 Å². The van der Waals surface area contributed by atoms with Crippen LogP contribution in [-0.4, -0.2) is 38.1 Å². The van der Waals surface area contributed by atoms with Crippen molar-refractivity contribution in [3.8, 4) is 5.75 Å². The Hall–Kier alpha value is -1.77. The Kier molecular flexibility index (Phi) is 3.94. The summed E-state index contributed by atoms with van der Waals surface area (Å²) in [7, 11) is 0. The maximum atomic E-state index is 13.1. The van der Waals surface area contributed by atoms with Gasteiger partial charge in [0.2, 0.25) is 5.75 Å². The standard InChI is InChI=1S/C9H10FNO6/c10-5-1-4(8(14)7(13)3-12)2-6(9(5)15)11(16)17/h1-2,7-8,12-15H,3H2. The molecule has 0 aliphatic rings. The molecule has 94 valence electrons. The van der Waals surface area contributed by atoms with E-state index < -0.39 is 41.0 Å². The summed E-state index contributed by atoms with van der Waals surface area (Å²) in [5.74, 6) is -2.44. The number of phenolic OH excluding ortho intramolecular Hbond substituents is 1. The van der Waals surface area contributed by atoms with Crippen molar-refractivity contribution in [1.29, 1.82) is 0 Å². The third-order valence-electron chi connectivity index (χ3n) is 2.16. The third kappa shape index (κ3) is 2.67. The van der Waals surface area contributed by atoms with E-state index in [0.717, 1.165) is 6.07 Å². The molecule has 0 radical (unpaired) electrons. The largest absolute Gasteiger partial charge is 0.500 e. The summed E-state index contributed by atoms with van der Waals surface area (Å²) >= 11 is 0. The molecule has 2 unspecified atom stereocenters. The summed E-state index contributed by atoms with van der Waals surface area (Å²) < 4.78 is 13.1. The van der Waals surface area contributed by atoms with E-state index in [4.69, 9.17) is 15.3 Å². The number of hydrogen-bond donors (Lipinski definition) is 4.